The van der Waals surface area contributed by atoms with Gasteiger partial charge in [-0.05, 0) is 42.5 Å². The van der Waals surface area contributed by atoms with E-state index in [1.807, 2.05) is 0 Å². The minimum atomic E-state index is -0.463. The quantitative estimate of drug-likeness (QED) is 0.735. The molecule has 0 fully saturated rings. The molecule has 0 unspecified atom stereocenters. The van der Waals surface area contributed by atoms with Crippen molar-refractivity contribution in [1.82, 2.24) is 10.2 Å². The number of anilines is 1. The van der Waals surface area contributed by atoms with Gasteiger partial charge in [-0.2, -0.15) is 0 Å². The number of carbonyl (C=O) groups is 2. The molecule has 3 aromatic rings. The Morgan fingerprint density at radius 3 is 2.44 bits per heavy atom. The van der Waals surface area contributed by atoms with Crippen LogP contribution in [-0.4, -0.2) is 29.2 Å². The third-order valence-electron chi connectivity index (χ3n) is 3.46. The van der Waals surface area contributed by atoms with Gasteiger partial charge in [-0.25, -0.2) is 4.79 Å². The Hall–Kier alpha value is -3.48. The zero-order valence-electron chi connectivity index (χ0n) is 13.6. The van der Waals surface area contributed by atoms with E-state index in [9.17, 15) is 9.59 Å². The number of nitrogens with one attached hydrogen (secondary N) is 1. The smallest absolute Gasteiger partial charge is 0.337 e. The number of aromatic nitrogens is 2. The van der Waals surface area contributed by atoms with Gasteiger partial charge >= 0.3 is 5.97 Å². The Balaban J connectivity index is 1.74. The first-order chi connectivity index (χ1) is 12.1. The van der Waals surface area contributed by atoms with E-state index in [1.54, 1.807) is 55.5 Å². The zero-order chi connectivity index (χ0) is 17.8. The van der Waals surface area contributed by atoms with Crippen LogP contribution in [0.25, 0.3) is 11.5 Å². The fraction of sp³-hybridized carbons (Fsp3) is 0.111. The predicted molar refractivity (Wildman–Crippen MR) is 90.2 cm³/mol. The molecule has 0 atom stereocenters. The van der Waals surface area contributed by atoms with Crippen molar-refractivity contribution >= 4 is 17.6 Å². The summed E-state index contributed by atoms with van der Waals surface area (Å²) in [6.07, 6.45) is 0. The highest BCUT2D eigenvalue weighted by atomic mass is 16.5. The molecule has 0 aliphatic heterocycles. The maximum atomic E-state index is 12.3. The molecule has 7 nitrogen and oxygen atoms in total. The number of hydrogen-bond donors (Lipinski definition) is 1. The lowest BCUT2D eigenvalue weighted by atomic mass is 10.1. The molecule has 1 N–H and O–H groups in total. The van der Waals surface area contributed by atoms with Crippen LogP contribution in [0.1, 0.15) is 26.6 Å². The highest BCUT2D eigenvalue weighted by Crippen LogP contribution is 2.19. The molecule has 25 heavy (non-hydrogen) atoms. The molecular weight excluding hydrogens is 322 g/mol. The lowest BCUT2D eigenvalue weighted by Crippen LogP contribution is -2.12. The van der Waals surface area contributed by atoms with Crippen LogP contribution in [0.2, 0.25) is 0 Å². The Bertz CT molecular complexity index is 916. The number of rotatable bonds is 4. The summed E-state index contributed by atoms with van der Waals surface area (Å²) < 4.78 is 10.0. The van der Waals surface area contributed by atoms with Gasteiger partial charge in [0.25, 0.3) is 5.91 Å². The normalized spacial score (nSPS) is 10.3. The Labute approximate surface area is 143 Å². The second-order valence-corrected chi connectivity index (χ2v) is 5.23. The largest absolute Gasteiger partial charge is 0.465 e. The monoisotopic (exact) mass is 337 g/mol. The van der Waals surface area contributed by atoms with Crippen molar-refractivity contribution in [3.8, 4) is 11.5 Å². The molecule has 0 radical (unpaired) electrons. The second-order valence-electron chi connectivity index (χ2n) is 5.23. The minimum Gasteiger partial charge on any atom is -0.465 e. The average molecular weight is 337 g/mol. The lowest BCUT2D eigenvalue weighted by molar-refractivity contribution is 0.0600. The topological polar surface area (TPSA) is 94.3 Å². The molecule has 2 aromatic carbocycles. The number of ether oxygens (including phenoxy) is 1. The second kappa shape index (κ2) is 6.96. The fourth-order valence-corrected chi connectivity index (χ4v) is 2.22. The van der Waals surface area contributed by atoms with Gasteiger partial charge in [0.15, 0.2) is 0 Å². The molecule has 1 heterocycles. The van der Waals surface area contributed by atoms with Crippen LogP contribution in [0.4, 0.5) is 5.69 Å². The average Bonchev–Trinajstić information content (AvgIpc) is 3.07. The van der Waals surface area contributed by atoms with Gasteiger partial charge in [-0.3, -0.25) is 4.79 Å². The van der Waals surface area contributed by atoms with Crippen LogP contribution in [0.3, 0.4) is 0 Å². The molecule has 0 saturated heterocycles. The van der Waals surface area contributed by atoms with Crippen molar-refractivity contribution in [2.75, 3.05) is 12.4 Å². The van der Waals surface area contributed by atoms with E-state index in [4.69, 9.17) is 4.42 Å². The van der Waals surface area contributed by atoms with Crippen LogP contribution in [0.15, 0.2) is 52.9 Å². The summed E-state index contributed by atoms with van der Waals surface area (Å²) in [5.41, 5.74) is 2.06. The van der Waals surface area contributed by atoms with E-state index < -0.39 is 5.97 Å². The van der Waals surface area contributed by atoms with Crippen molar-refractivity contribution in [3.05, 3.63) is 65.5 Å². The molecule has 0 aliphatic rings. The maximum absolute atomic E-state index is 12.3. The number of aryl methyl sites for hydroxylation is 1. The standard InChI is InChI=1S/C18H15N3O4/c1-11-20-21-17(25-11)13-8-6-12(7-9-13)16(22)19-15-5-3-4-14(10-15)18(23)24-2/h3-10H,1-2H3,(H,19,22). The van der Waals surface area contributed by atoms with Gasteiger partial charge in [-0.15, -0.1) is 10.2 Å². The number of carbonyl (C=O) groups excluding carboxylic acids is 2. The molecule has 0 aliphatic carbocycles. The van der Waals surface area contributed by atoms with Gasteiger partial charge < -0.3 is 14.5 Å². The predicted octanol–water partition coefficient (Wildman–Crippen LogP) is 3.08. The Kier molecular flexibility index (Phi) is 4.56. The highest BCUT2D eigenvalue weighted by molar-refractivity contribution is 6.05. The van der Waals surface area contributed by atoms with Crippen LogP contribution >= 0.6 is 0 Å². The molecule has 1 amide bonds. The van der Waals surface area contributed by atoms with Crippen molar-refractivity contribution < 1.29 is 18.7 Å². The summed E-state index contributed by atoms with van der Waals surface area (Å²) in [6.45, 7) is 1.71. The van der Waals surface area contributed by atoms with Gasteiger partial charge in [-0.1, -0.05) is 6.07 Å². The molecule has 0 spiro atoms. The molecule has 3 rings (SSSR count). The molecule has 126 valence electrons. The minimum absolute atomic E-state index is 0.296. The number of benzene rings is 2. The van der Waals surface area contributed by atoms with Crippen molar-refractivity contribution in [1.29, 1.82) is 0 Å². The van der Waals surface area contributed by atoms with Crippen LogP contribution in [0, 0.1) is 6.92 Å². The first-order valence-corrected chi connectivity index (χ1v) is 7.47. The molecular formula is C18H15N3O4. The van der Waals surface area contributed by atoms with Crippen molar-refractivity contribution in [2.45, 2.75) is 6.92 Å². The van der Waals surface area contributed by atoms with E-state index in [2.05, 4.69) is 20.3 Å². The number of methoxy groups -OCH3 is 1. The van der Waals surface area contributed by atoms with Crippen LogP contribution < -0.4 is 5.32 Å². The van der Waals surface area contributed by atoms with E-state index in [-0.39, 0.29) is 5.91 Å². The maximum Gasteiger partial charge on any atom is 0.337 e. The fourth-order valence-electron chi connectivity index (χ4n) is 2.22. The van der Waals surface area contributed by atoms with E-state index in [0.29, 0.717) is 28.6 Å². The van der Waals surface area contributed by atoms with Gasteiger partial charge in [0, 0.05) is 23.7 Å². The third-order valence-corrected chi connectivity index (χ3v) is 3.46. The number of nitrogens with zero attached hydrogens (tertiary/aromatic N) is 2. The summed E-state index contributed by atoms with van der Waals surface area (Å²) >= 11 is 0. The first kappa shape index (κ1) is 16.4. The summed E-state index contributed by atoms with van der Waals surface area (Å²) in [4.78, 5) is 23.9. The number of amides is 1. The first-order valence-electron chi connectivity index (χ1n) is 7.47. The molecule has 0 saturated carbocycles. The van der Waals surface area contributed by atoms with E-state index in [1.165, 1.54) is 7.11 Å². The van der Waals surface area contributed by atoms with Crippen LogP contribution in [0.5, 0.6) is 0 Å². The van der Waals surface area contributed by atoms with Gasteiger partial charge in [0.05, 0.1) is 12.7 Å². The van der Waals surface area contributed by atoms with Crippen LogP contribution in [-0.2, 0) is 4.74 Å². The summed E-state index contributed by atoms with van der Waals surface area (Å²) in [6, 6.07) is 13.3. The summed E-state index contributed by atoms with van der Waals surface area (Å²) in [5, 5.41) is 10.4. The zero-order valence-corrected chi connectivity index (χ0v) is 13.6. The number of esters is 1. The van der Waals surface area contributed by atoms with Crippen molar-refractivity contribution in [2.24, 2.45) is 0 Å². The Morgan fingerprint density at radius 2 is 1.80 bits per heavy atom. The van der Waals surface area contributed by atoms with Gasteiger partial charge in [0.2, 0.25) is 11.8 Å². The molecule has 0 bridgehead atoms. The molecule has 1 aromatic heterocycles. The SMILES string of the molecule is COC(=O)c1cccc(NC(=O)c2ccc(-c3nnc(C)o3)cc2)c1. The van der Waals surface area contributed by atoms with Gasteiger partial charge in [0.1, 0.15) is 0 Å². The highest BCUT2D eigenvalue weighted by Gasteiger charge is 2.11. The summed E-state index contributed by atoms with van der Waals surface area (Å²) in [7, 11) is 1.31. The van der Waals surface area contributed by atoms with E-state index >= 15 is 0 Å². The number of hydrogen-bond acceptors (Lipinski definition) is 6. The molecule has 7 heteroatoms. The third kappa shape index (κ3) is 3.72. The summed E-state index contributed by atoms with van der Waals surface area (Å²) in [5.74, 6) is 0.114. The lowest BCUT2D eigenvalue weighted by Gasteiger charge is -2.07. The van der Waals surface area contributed by atoms with E-state index in [0.717, 1.165) is 5.56 Å². The van der Waals surface area contributed by atoms with Crippen molar-refractivity contribution in [3.63, 3.8) is 0 Å². The Morgan fingerprint density at radius 1 is 1.04 bits per heavy atom.